The number of Topliss-reactive ketones (excluding diaryl/α,β-unsaturated/α-hetero) is 1. The molecule has 164 valence electrons. The average Bonchev–Trinajstić information content (AvgIpc) is 2.88. The van der Waals surface area contributed by atoms with Crippen LogP contribution in [0.3, 0.4) is 0 Å². The number of benzene rings is 1. The maximum Gasteiger partial charge on any atom is 0.303 e. The number of unbranched alkanes of at least 4 members (excludes halogenated alkanes) is 1. The second kappa shape index (κ2) is 11.2. The number of aliphatic carboxylic acids is 1. The van der Waals surface area contributed by atoms with Crippen LogP contribution in [0.15, 0.2) is 54.6 Å². The zero-order chi connectivity index (χ0) is 22.1. The number of ketones is 1. The predicted octanol–water partition coefficient (Wildman–Crippen LogP) is 3.94. The molecule has 0 aliphatic heterocycles. The molecule has 3 N–H and O–H groups in total. The minimum Gasteiger partial charge on any atom is -0.481 e. The number of hydrogen-bond donors (Lipinski definition) is 3. The van der Waals surface area contributed by atoms with Crippen molar-refractivity contribution < 1.29 is 24.9 Å². The third-order valence-electron chi connectivity index (χ3n) is 5.99. The molecule has 0 bridgehead atoms. The van der Waals surface area contributed by atoms with E-state index >= 15 is 0 Å². The summed E-state index contributed by atoms with van der Waals surface area (Å²) in [6, 6.07) is 9.95. The number of carboxylic acids is 1. The van der Waals surface area contributed by atoms with E-state index in [4.69, 9.17) is 5.11 Å². The van der Waals surface area contributed by atoms with Crippen molar-refractivity contribution in [3.8, 4) is 0 Å². The van der Waals surface area contributed by atoms with Gasteiger partial charge in [0.25, 0.3) is 0 Å². The molecule has 1 aromatic carbocycles. The normalized spacial score (nSPS) is 24.7. The number of allylic oxidation sites excluding steroid dienone is 2. The van der Waals surface area contributed by atoms with Crippen LogP contribution >= 0.6 is 0 Å². The van der Waals surface area contributed by atoms with Crippen molar-refractivity contribution in [1.82, 2.24) is 0 Å². The first-order valence-electron chi connectivity index (χ1n) is 10.7. The molecule has 1 saturated carbocycles. The Balaban J connectivity index is 1.95. The summed E-state index contributed by atoms with van der Waals surface area (Å²) in [6.45, 7) is 3.53. The number of aliphatic hydroxyl groups is 2. The summed E-state index contributed by atoms with van der Waals surface area (Å²) in [7, 11) is 0. The number of hydrogen-bond acceptors (Lipinski definition) is 4. The van der Waals surface area contributed by atoms with Crippen LogP contribution in [0.25, 0.3) is 0 Å². The molecule has 1 aliphatic rings. The maximum atomic E-state index is 12.8. The molecule has 0 radical (unpaired) electrons. The van der Waals surface area contributed by atoms with Crippen molar-refractivity contribution in [1.29, 1.82) is 0 Å². The first kappa shape index (κ1) is 24.0. The van der Waals surface area contributed by atoms with Crippen LogP contribution in [0.4, 0.5) is 0 Å². The van der Waals surface area contributed by atoms with Gasteiger partial charge in [0.1, 0.15) is 5.78 Å². The van der Waals surface area contributed by atoms with Gasteiger partial charge in [0, 0.05) is 18.3 Å². The molecule has 2 rings (SSSR count). The van der Waals surface area contributed by atoms with Gasteiger partial charge in [-0.25, -0.2) is 0 Å². The Bertz CT molecular complexity index is 750. The van der Waals surface area contributed by atoms with Crippen LogP contribution in [0, 0.1) is 17.3 Å². The summed E-state index contributed by atoms with van der Waals surface area (Å²) in [4.78, 5) is 23.4. The summed E-state index contributed by atoms with van der Waals surface area (Å²) >= 11 is 0. The maximum absolute atomic E-state index is 12.8. The van der Waals surface area contributed by atoms with E-state index in [0.29, 0.717) is 25.7 Å². The molecule has 1 aromatic rings. The summed E-state index contributed by atoms with van der Waals surface area (Å²) in [6.07, 6.45) is 9.07. The minimum absolute atomic E-state index is 0.0265. The van der Waals surface area contributed by atoms with E-state index in [1.54, 1.807) is 26.0 Å². The SMILES string of the molecule is CC1(C)C(=O)[C@H](C/C=C\CCCC(=O)O)[C@@H](/C=C/[C@@H](O)CCc2ccccc2)[C@@H]1O. The van der Waals surface area contributed by atoms with Gasteiger partial charge in [-0.3, -0.25) is 9.59 Å². The molecular formula is C25H34O5. The molecule has 0 saturated heterocycles. The Hall–Kier alpha value is -2.24. The topological polar surface area (TPSA) is 94.8 Å². The van der Waals surface area contributed by atoms with Crippen molar-refractivity contribution in [2.75, 3.05) is 0 Å². The number of carbonyl (C=O) groups is 2. The van der Waals surface area contributed by atoms with E-state index in [-0.39, 0.29) is 24.0 Å². The average molecular weight is 415 g/mol. The fraction of sp³-hybridized carbons (Fsp3) is 0.520. The van der Waals surface area contributed by atoms with Crippen LogP contribution < -0.4 is 0 Å². The summed E-state index contributed by atoms with van der Waals surface area (Å²) < 4.78 is 0. The van der Waals surface area contributed by atoms with Crippen LogP contribution in [0.2, 0.25) is 0 Å². The lowest BCUT2D eigenvalue weighted by Crippen LogP contribution is -2.31. The molecule has 5 nitrogen and oxygen atoms in total. The molecule has 1 fully saturated rings. The summed E-state index contributed by atoms with van der Waals surface area (Å²) in [5.41, 5.74) is 0.333. The Morgan fingerprint density at radius 3 is 2.57 bits per heavy atom. The standard InChI is InChI=1S/C25H34O5/c1-25(2)23(29)20(12-8-3-4-9-13-22(27)28)21(24(25)30)17-16-19(26)15-14-18-10-6-5-7-11-18/h3,5-8,10-11,16-17,19-21,24,26,30H,4,9,12-15H2,1-2H3,(H,27,28)/b8-3-,17-16+/t19-,20+,21+,24-/m0/s1. The van der Waals surface area contributed by atoms with Crippen LogP contribution in [-0.4, -0.2) is 39.3 Å². The Kier molecular flexibility index (Phi) is 9.00. The Morgan fingerprint density at radius 2 is 1.90 bits per heavy atom. The monoisotopic (exact) mass is 414 g/mol. The zero-order valence-corrected chi connectivity index (χ0v) is 17.9. The van der Waals surface area contributed by atoms with Gasteiger partial charge < -0.3 is 15.3 Å². The molecule has 30 heavy (non-hydrogen) atoms. The highest BCUT2D eigenvalue weighted by Crippen LogP contribution is 2.44. The highest BCUT2D eigenvalue weighted by molar-refractivity contribution is 5.90. The third kappa shape index (κ3) is 6.64. The number of carbonyl (C=O) groups excluding carboxylic acids is 1. The molecule has 0 spiro atoms. The van der Waals surface area contributed by atoms with Crippen molar-refractivity contribution >= 4 is 11.8 Å². The Labute approximate surface area is 179 Å². The lowest BCUT2D eigenvalue weighted by atomic mass is 9.86. The second-order valence-electron chi connectivity index (χ2n) is 8.68. The van der Waals surface area contributed by atoms with Gasteiger partial charge in [0.2, 0.25) is 0 Å². The van der Waals surface area contributed by atoms with Gasteiger partial charge in [-0.15, -0.1) is 0 Å². The molecule has 0 amide bonds. The van der Waals surface area contributed by atoms with Gasteiger partial charge >= 0.3 is 5.97 Å². The van der Waals surface area contributed by atoms with Crippen LogP contribution in [0.1, 0.15) is 51.5 Å². The van der Waals surface area contributed by atoms with Gasteiger partial charge in [-0.1, -0.05) is 68.5 Å². The minimum atomic E-state index is -0.828. The first-order chi connectivity index (χ1) is 14.2. The third-order valence-corrected chi connectivity index (χ3v) is 5.99. The molecule has 5 heteroatoms. The predicted molar refractivity (Wildman–Crippen MR) is 117 cm³/mol. The lowest BCUT2D eigenvalue weighted by Gasteiger charge is -2.22. The quantitative estimate of drug-likeness (QED) is 0.377. The molecule has 0 heterocycles. The number of carboxylic acid groups (broad SMARTS) is 1. The van der Waals surface area contributed by atoms with Crippen molar-refractivity contribution in [3.05, 3.63) is 60.2 Å². The van der Waals surface area contributed by atoms with Crippen molar-refractivity contribution in [2.45, 2.75) is 64.6 Å². The fourth-order valence-corrected chi connectivity index (χ4v) is 4.05. The van der Waals surface area contributed by atoms with Crippen molar-refractivity contribution in [3.63, 3.8) is 0 Å². The van der Waals surface area contributed by atoms with E-state index in [9.17, 15) is 19.8 Å². The van der Waals surface area contributed by atoms with Crippen LogP contribution in [0.5, 0.6) is 0 Å². The first-order valence-corrected chi connectivity index (χ1v) is 10.7. The van der Waals surface area contributed by atoms with E-state index < -0.39 is 23.6 Å². The van der Waals surface area contributed by atoms with E-state index in [1.807, 2.05) is 42.5 Å². The van der Waals surface area contributed by atoms with Gasteiger partial charge in [-0.2, -0.15) is 0 Å². The van der Waals surface area contributed by atoms with Gasteiger partial charge in [0.15, 0.2) is 0 Å². The smallest absolute Gasteiger partial charge is 0.303 e. The molecule has 4 atom stereocenters. The summed E-state index contributed by atoms with van der Waals surface area (Å²) in [5, 5.41) is 29.8. The zero-order valence-electron chi connectivity index (χ0n) is 17.9. The fourth-order valence-electron chi connectivity index (χ4n) is 4.05. The van der Waals surface area contributed by atoms with Crippen molar-refractivity contribution in [2.24, 2.45) is 17.3 Å². The largest absolute Gasteiger partial charge is 0.481 e. The lowest BCUT2D eigenvalue weighted by molar-refractivity contribution is -0.137. The highest BCUT2D eigenvalue weighted by atomic mass is 16.4. The van der Waals surface area contributed by atoms with Gasteiger partial charge in [-0.05, 0) is 37.7 Å². The number of rotatable bonds is 11. The van der Waals surface area contributed by atoms with Gasteiger partial charge in [0.05, 0.1) is 17.6 Å². The number of aliphatic hydroxyl groups excluding tert-OH is 2. The van der Waals surface area contributed by atoms with E-state index in [2.05, 4.69) is 0 Å². The second-order valence-corrected chi connectivity index (χ2v) is 8.68. The highest BCUT2D eigenvalue weighted by Gasteiger charge is 2.52. The molecule has 1 aliphatic carbocycles. The summed E-state index contributed by atoms with van der Waals surface area (Å²) in [5.74, 6) is -1.47. The molecule has 0 aromatic heterocycles. The van der Waals surface area contributed by atoms with E-state index in [0.717, 1.165) is 12.0 Å². The Morgan fingerprint density at radius 1 is 1.20 bits per heavy atom. The van der Waals surface area contributed by atoms with Crippen LogP contribution in [-0.2, 0) is 16.0 Å². The van der Waals surface area contributed by atoms with E-state index in [1.165, 1.54) is 0 Å². The molecular weight excluding hydrogens is 380 g/mol. The number of aryl methyl sites for hydroxylation is 1. The molecule has 0 unspecified atom stereocenters.